The number of rotatable bonds is 1. The standard InChI is InChI=1S/C10H15NO2/c1-6-8(7-4-3-5-7)10(13)11(2)9(6)12/h6-8H,3-5H2,1-2H3. The average Bonchev–Trinajstić information content (AvgIpc) is 2.19. The molecule has 1 heterocycles. The Hall–Kier alpha value is -0.860. The molecule has 0 radical (unpaired) electrons. The molecule has 1 aliphatic heterocycles. The van der Waals surface area contributed by atoms with Crippen molar-refractivity contribution in [2.45, 2.75) is 26.2 Å². The van der Waals surface area contributed by atoms with E-state index >= 15 is 0 Å². The monoisotopic (exact) mass is 181 g/mol. The van der Waals surface area contributed by atoms with E-state index < -0.39 is 0 Å². The van der Waals surface area contributed by atoms with Crippen LogP contribution in [0.15, 0.2) is 0 Å². The van der Waals surface area contributed by atoms with Crippen molar-refractivity contribution >= 4 is 11.8 Å². The van der Waals surface area contributed by atoms with Gasteiger partial charge >= 0.3 is 0 Å². The molecule has 1 saturated carbocycles. The smallest absolute Gasteiger partial charge is 0.233 e. The van der Waals surface area contributed by atoms with Crippen LogP contribution in [-0.2, 0) is 9.59 Å². The third kappa shape index (κ3) is 1.10. The number of imide groups is 1. The number of hydrogen-bond acceptors (Lipinski definition) is 2. The Morgan fingerprint density at radius 3 is 2.15 bits per heavy atom. The molecule has 3 nitrogen and oxygen atoms in total. The summed E-state index contributed by atoms with van der Waals surface area (Å²) in [4.78, 5) is 24.4. The first-order chi connectivity index (χ1) is 6.13. The normalized spacial score (nSPS) is 35.4. The summed E-state index contributed by atoms with van der Waals surface area (Å²) in [6.45, 7) is 1.88. The van der Waals surface area contributed by atoms with Gasteiger partial charge in [-0.15, -0.1) is 0 Å². The van der Waals surface area contributed by atoms with E-state index in [4.69, 9.17) is 0 Å². The van der Waals surface area contributed by atoms with Crippen molar-refractivity contribution in [3.05, 3.63) is 0 Å². The second-order valence-electron chi connectivity index (χ2n) is 4.24. The molecule has 2 atom stereocenters. The molecule has 1 aliphatic carbocycles. The van der Waals surface area contributed by atoms with Crippen molar-refractivity contribution in [3.63, 3.8) is 0 Å². The minimum absolute atomic E-state index is 0.00176. The van der Waals surface area contributed by atoms with Crippen LogP contribution in [0.3, 0.4) is 0 Å². The van der Waals surface area contributed by atoms with E-state index in [-0.39, 0.29) is 23.7 Å². The van der Waals surface area contributed by atoms with E-state index in [1.54, 1.807) is 7.05 Å². The summed E-state index contributed by atoms with van der Waals surface area (Å²) in [7, 11) is 1.60. The lowest BCUT2D eigenvalue weighted by atomic mass is 9.72. The summed E-state index contributed by atoms with van der Waals surface area (Å²) in [6.07, 6.45) is 3.48. The van der Waals surface area contributed by atoms with Crippen LogP contribution in [0.4, 0.5) is 0 Å². The molecule has 0 aromatic rings. The van der Waals surface area contributed by atoms with Gasteiger partial charge in [0.25, 0.3) is 0 Å². The zero-order valence-electron chi connectivity index (χ0n) is 8.12. The highest BCUT2D eigenvalue weighted by Gasteiger charge is 2.48. The first-order valence-electron chi connectivity index (χ1n) is 4.94. The van der Waals surface area contributed by atoms with Gasteiger partial charge in [0.15, 0.2) is 0 Å². The lowest BCUT2D eigenvalue weighted by Gasteiger charge is -2.31. The number of hydrogen-bond donors (Lipinski definition) is 0. The first-order valence-corrected chi connectivity index (χ1v) is 4.94. The summed E-state index contributed by atoms with van der Waals surface area (Å²) in [6, 6.07) is 0. The van der Waals surface area contributed by atoms with Gasteiger partial charge < -0.3 is 0 Å². The largest absolute Gasteiger partial charge is 0.285 e. The van der Waals surface area contributed by atoms with Crippen LogP contribution >= 0.6 is 0 Å². The topological polar surface area (TPSA) is 37.4 Å². The molecule has 2 amide bonds. The van der Waals surface area contributed by atoms with Gasteiger partial charge in [-0.1, -0.05) is 13.3 Å². The number of carbonyl (C=O) groups excluding carboxylic acids is 2. The Morgan fingerprint density at radius 1 is 1.23 bits per heavy atom. The highest BCUT2D eigenvalue weighted by molar-refractivity contribution is 6.04. The van der Waals surface area contributed by atoms with Crippen molar-refractivity contribution in [1.82, 2.24) is 4.90 Å². The summed E-state index contributed by atoms with van der Waals surface area (Å²) < 4.78 is 0. The second kappa shape index (κ2) is 2.82. The molecular formula is C10H15NO2. The fourth-order valence-electron chi connectivity index (χ4n) is 2.41. The van der Waals surface area contributed by atoms with E-state index in [1.165, 1.54) is 11.3 Å². The van der Waals surface area contributed by atoms with Crippen molar-refractivity contribution in [2.75, 3.05) is 7.05 Å². The van der Waals surface area contributed by atoms with Crippen LogP contribution in [0.25, 0.3) is 0 Å². The Balaban J connectivity index is 2.18. The minimum Gasteiger partial charge on any atom is -0.285 e. The average molecular weight is 181 g/mol. The third-order valence-corrected chi connectivity index (χ3v) is 3.53. The van der Waals surface area contributed by atoms with E-state index in [1.807, 2.05) is 6.92 Å². The van der Waals surface area contributed by atoms with Crippen LogP contribution in [-0.4, -0.2) is 23.8 Å². The van der Waals surface area contributed by atoms with E-state index in [0.717, 1.165) is 12.8 Å². The lowest BCUT2D eigenvalue weighted by molar-refractivity contribution is -0.138. The number of amides is 2. The van der Waals surface area contributed by atoms with Gasteiger partial charge in [-0.05, 0) is 18.8 Å². The van der Waals surface area contributed by atoms with Crippen molar-refractivity contribution in [2.24, 2.45) is 17.8 Å². The van der Waals surface area contributed by atoms with Gasteiger partial charge in [0.1, 0.15) is 0 Å². The first kappa shape index (κ1) is 8.73. The molecule has 0 spiro atoms. The van der Waals surface area contributed by atoms with Gasteiger partial charge in [0.2, 0.25) is 11.8 Å². The number of nitrogens with zero attached hydrogens (tertiary/aromatic N) is 1. The molecule has 2 unspecified atom stereocenters. The van der Waals surface area contributed by atoms with Gasteiger partial charge in [-0.2, -0.15) is 0 Å². The Labute approximate surface area is 78.1 Å². The minimum atomic E-state index is -0.0807. The highest BCUT2D eigenvalue weighted by Crippen LogP contribution is 2.41. The fraction of sp³-hybridized carbons (Fsp3) is 0.800. The highest BCUT2D eigenvalue weighted by atomic mass is 16.2. The van der Waals surface area contributed by atoms with Crippen LogP contribution < -0.4 is 0 Å². The maximum atomic E-state index is 11.7. The zero-order valence-corrected chi connectivity index (χ0v) is 8.12. The molecule has 1 saturated heterocycles. The molecule has 13 heavy (non-hydrogen) atoms. The van der Waals surface area contributed by atoms with E-state index in [9.17, 15) is 9.59 Å². The maximum Gasteiger partial charge on any atom is 0.233 e. The summed E-state index contributed by atoms with van der Waals surface area (Å²) >= 11 is 0. The fourth-order valence-corrected chi connectivity index (χ4v) is 2.41. The molecule has 2 aliphatic rings. The molecule has 3 heteroatoms. The van der Waals surface area contributed by atoms with Crippen molar-refractivity contribution < 1.29 is 9.59 Å². The van der Waals surface area contributed by atoms with Crippen LogP contribution in [0.2, 0.25) is 0 Å². The molecule has 0 N–H and O–H groups in total. The summed E-state index contributed by atoms with van der Waals surface area (Å²) in [5.74, 6) is 0.439. The van der Waals surface area contributed by atoms with Gasteiger partial charge in [0.05, 0.1) is 5.92 Å². The van der Waals surface area contributed by atoms with Crippen LogP contribution in [0, 0.1) is 17.8 Å². The van der Waals surface area contributed by atoms with Gasteiger partial charge in [-0.3, -0.25) is 14.5 Å². The lowest BCUT2D eigenvalue weighted by Crippen LogP contribution is -2.31. The van der Waals surface area contributed by atoms with E-state index in [2.05, 4.69) is 0 Å². The third-order valence-electron chi connectivity index (χ3n) is 3.53. The van der Waals surface area contributed by atoms with Gasteiger partial charge in [0, 0.05) is 13.0 Å². The van der Waals surface area contributed by atoms with Crippen molar-refractivity contribution in [3.8, 4) is 0 Å². The Kier molecular flexibility index (Phi) is 1.90. The molecule has 72 valence electrons. The second-order valence-corrected chi connectivity index (χ2v) is 4.24. The number of carbonyl (C=O) groups is 2. The molecule has 2 fully saturated rings. The quantitative estimate of drug-likeness (QED) is 0.567. The summed E-state index contributed by atoms with van der Waals surface area (Å²) in [5.41, 5.74) is 0. The van der Waals surface area contributed by atoms with Crippen LogP contribution in [0.1, 0.15) is 26.2 Å². The maximum absolute atomic E-state index is 11.7. The summed E-state index contributed by atoms with van der Waals surface area (Å²) in [5, 5.41) is 0. The Bertz CT molecular complexity index is 258. The molecule has 0 bridgehead atoms. The molecule has 0 aromatic carbocycles. The SMILES string of the molecule is CC1C(=O)N(C)C(=O)C1C1CCC1. The van der Waals surface area contributed by atoms with Crippen molar-refractivity contribution in [1.29, 1.82) is 0 Å². The predicted molar refractivity (Wildman–Crippen MR) is 47.8 cm³/mol. The molecule has 2 rings (SSSR count). The molecular weight excluding hydrogens is 166 g/mol. The number of likely N-dealkylation sites (tertiary alicyclic amines) is 1. The van der Waals surface area contributed by atoms with Gasteiger partial charge in [-0.25, -0.2) is 0 Å². The predicted octanol–water partition coefficient (Wildman–Crippen LogP) is 1.04. The Morgan fingerprint density at radius 2 is 1.85 bits per heavy atom. The van der Waals surface area contributed by atoms with E-state index in [0.29, 0.717) is 5.92 Å². The molecule has 0 aromatic heterocycles. The van der Waals surface area contributed by atoms with Crippen LogP contribution in [0.5, 0.6) is 0 Å². The zero-order chi connectivity index (χ0) is 9.59.